The Hall–Kier alpha value is -2.32. The van der Waals surface area contributed by atoms with Crippen molar-refractivity contribution in [3.8, 4) is 11.3 Å². The zero-order valence-electron chi connectivity index (χ0n) is 12.9. The summed E-state index contributed by atoms with van der Waals surface area (Å²) < 4.78 is 13.7. The van der Waals surface area contributed by atoms with Gasteiger partial charge in [-0.25, -0.2) is 19.3 Å². The van der Waals surface area contributed by atoms with Gasteiger partial charge in [-0.1, -0.05) is 0 Å². The van der Waals surface area contributed by atoms with Crippen molar-refractivity contribution in [3.05, 3.63) is 58.4 Å². The predicted octanol–water partition coefficient (Wildman–Crippen LogP) is 4.01. The Balaban J connectivity index is 1.62. The lowest BCUT2D eigenvalue weighted by Gasteiger charge is -2.09. The molecule has 3 aromatic heterocycles. The molecule has 0 atom stereocenters. The van der Waals surface area contributed by atoms with Crippen molar-refractivity contribution in [2.45, 2.75) is 0 Å². The van der Waals surface area contributed by atoms with Crippen molar-refractivity contribution in [2.24, 2.45) is 0 Å². The fourth-order valence-corrected chi connectivity index (χ4v) is 2.62. The predicted molar refractivity (Wildman–Crippen MR) is 99.1 cm³/mol. The number of anilines is 2. The second-order valence-corrected chi connectivity index (χ2v) is 6.27. The fourth-order valence-electron chi connectivity index (χ4n) is 2.07. The molecule has 3 heterocycles. The van der Waals surface area contributed by atoms with Crippen molar-refractivity contribution < 1.29 is 4.39 Å². The maximum absolute atomic E-state index is 12.8. The first kappa shape index (κ1) is 17.5. The molecular weight excluding hydrogens is 411 g/mol. The van der Waals surface area contributed by atoms with Gasteiger partial charge in [-0.15, -0.1) is 0 Å². The van der Waals surface area contributed by atoms with Crippen molar-refractivity contribution in [2.75, 3.05) is 23.7 Å². The molecule has 2 N–H and O–H groups in total. The number of rotatable bonds is 6. The van der Waals surface area contributed by atoms with E-state index < -0.39 is 0 Å². The number of hydrogen-bond donors (Lipinski definition) is 2. The molecule has 3 rings (SSSR count). The molecule has 0 unspecified atom stereocenters. The summed E-state index contributed by atoms with van der Waals surface area (Å²) in [5.41, 5.74) is 1.50. The van der Waals surface area contributed by atoms with Crippen LogP contribution in [0.3, 0.4) is 0 Å². The molecular formula is C16H13BrClFN6. The van der Waals surface area contributed by atoms with E-state index >= 15 is 0 Å². The summed E-state index contributed by atoms with van der Waals surface area (Å²) in [5, 5.41) is 6.38. The molecule has 0 saturated carbocycles. The van der Waals surface area contributed by atoms with Crippen LogP contribution in [0.25, 0.3) is 11.3 Å². The van der Waals surface area contributed by atoms with Crippen molar-refractivity contribution >= 4 is 39.2 Å². The topological polar surface area (TPSA) is 75.6 Å². The molecule has 0 aliphatic rings. The van der Waals surface area contributed by atoms with E-state index in [1.165, 1.54) is 6.07 Å². The fraction of sp³-hybridized carbons (Fsp3) is 0.125. The van der Waals surface area contributed by atoms with Crippen LogP contribution < -0.4 is 10.6 Å². The molecule has 0 saturated heterocycles. The van der Waals surface area contributed by atoms with Crippen LogP contribution in [0.1, 0.15) is 0 Å². The summed E-state index contributed by atoms with van der Waals surface area (Å²) in [6.45, 7) is 1.15. The van der Waals surface area contributed by atoms with Gasteiger partial charge in [0, 0.05) is 41.6 Å². The Morgan fingerprint density at radius 2 is 1.80 bits per heavy atom. The molecule has 0 bridgehead atoms. The van der Waals surface area contributed by atoms with E-state index in [9.17, 15) is 4.39 Å². The van der Waals surface area contributed by atoms with Crippen molar-refractivity contribution in [1.82, 2.24) is 19.9 Å². The third-order valence-corrected chi connectivity index (χ3v) is 3.77. The molecule has 0 fully saturated rings. The van der Waals surface area contributed by atoms with Gasteiger partial charge in [0.25, 0.3) is 0 Å². The van der Waals surface area contributed by atoms with Crippen LogP contribution in [-0.2, 0) is 0 Å². The van der Waals surface area contributed by atoms with Crippen molar-refractivity contribution in [1.29, 1.82) is 0 Å². The van der Waals surface area contributed by atoms with Gasteiger partial charge in [0.15, 0.2) is 0 Å². The molecule has 9 heteroatoms. The first-order chi connectivity index (χ1) is 12.1. The Morgan fingerprint density at radius 3 is 2.52 bits per heavy atom. The van der Waals surface area contributed by atoms with Crippen LogP contribution in [-0.4, -0.2) is 33.0 Å². The molecule has 0 aliphatic heterocycles. The van der Waals surface area contributed by atoms with Gasteiger partial charge in [-0.05, 0) is 45.7 Å². The van der Waals surface area contributed by atoms with E-state index in [1.54, 1.807) is 24.5 Å². The molecule has 128 valence electrons. The Bertz CT molecular complexity index is 861. The van der Waals surface area contributed by atoms with E-state index in [1.807, 2.05) is 6.07 Å². The normalized spacial score (nSPS) is 10.5. The van der Waals surface area contributed by atoms with Gasteiger partial charge < -0.3 is 10.6 Å². The maximum Gasteiger partial charge on any atom is 0.224 e. The van der Waals surface area contributed by atoms with Crippen molar-refractivity contribution in [3.63, 3.8) is 0 Å². The summed E-state index contributed by atoms with van der Waals surface area (Å²) in [7, 11) is 0. The number of hydrogen-bond acceptors (Lipinski definition) is 6. The highest BCUT2D eigenvalue weighted by molar-refractivity contribution is 9.10. The van der Waals surface area contributed by atoms with Gasteiger partial charge in [0.2, 0.25) is 5.28 Å². The number of pyridine rings is 2. The SMILES string of the molecule is Fc1ccc(NCCNc2cc(-c3cncc(Br)c3)nc(Cl)n2)nc1. The highest BCUT2D eigenvalue weighted by Gasteiger charge is 2.06. The lowest BCUT2D eigenvalue weighted by Crippen LogP contribution is -2.15. The molecule has 25 heavy (non-hydrogen) atoms. The van der Waals surface area contributed by atoms with Gasteiger partial charge in [-0.2, -0.15) is 0 Å². The summed E-state index contributed by atoms with van der Waals surface area (Å²) in [6, 6.07) is 6.63. The average Bonchev–Trinajstić information content (AvgIpc) is 2.60. The molecule has 0 aromatic carbocycles. The van der Waals surface area contributed by atoms with E-state index in [4.69, 9.17) is 11.6 Å². The van der Waals surface area contributed by atoms with Gasteiger partial charge in [-0.3, -0.25) is 4.98 Å². The highest BCUT2D eigenvalue weighted by Crippen LogP contribution is 2.23. The van der Waals surface area contributed by atoms with E-state index in [-0.39, 0.29) is 11.1 Å². The zero-order valence-corrected chi connectivity index (χ0v) is 15.2. The standard InChI is InChI=1S/C16H13BrClFN6/c17-11-5-10(7-20-8-11)13-6-15(25-16(18)24-13)22-4-3-21-14-2-1-12(19)9-23-14/h1-2,5-9H,3-4H2,(H,21,23)(H,22,24,25). The number of aromatic nitrogens is 4. The molecule has 6 nitrogen and oxygen atoms in total. The Morgan fingerprint density at radius 1 is 1.00 bits per heavy atom. The summed E-state index contributed by atoms with van der Waals surface area (Å²) in [6.07, 6.45) is 4.56. The molecule has 0 aliphatic carbocycles. The molecule has 3 aromatic rings. The molecule has 0 radical (unpaired) electrons. The third kappa shape index (κ3) is 5.07. The second-order valence-electron chi connectivity index (χ2n) is 5.01. The average molecular weight is 424 g/mol. The van der Waals surface area contributed by atoms with Gasteiger partial charge in [0.05, 0.1) is 11.9 Å². The summed E-state index contributed by atoms with van der Waals surface area (Å²) in [5.74, 6) is 0.836. The van der Waals surface area contributed by atoms with Gasteiger partial charge >= 0.3 is 0 Å². The first-order valence-electron chi connectivity index (χ1n) is 7.35. The number of nitrogens with zero attached hydrogens (tertiary/aromatic N) is 4. The minimum absolute atomic E-state index is 0.146. The van der Waals surface area contributed by atoms with Crippen LogP contribution in [0, 0.1) is 5.82 Å². The van der Waals surface area contributed by atoms with E-state index in [2.05, 4.69) is 46.5 Å². The third-order valence-electron chi connectivity index (χ3n) is 3.16. The summed E-state index contributed by atoms with van der Waals surface area (Å²) >= 11 is 9.39. The van der Waals surface area contributed by atoms with E-state index in [0.29, 0.717) is 30.4 Å². The van der Waals surface area contributed by atoms with Gasteiger partial charge in [0.1, 0.15) is 17.5 Å². The van der Waals surface area contributed by atoms with Crippen LogP contribution >= 0.6 is 27.5 Å². The Kier molecular flexibility index (Phi) is 5.72. The monoisotopic (exact) mass is 422 g/mol. The lowest BCUT2D eigenvalue weighted by molar-refractivity contribution is 0.621. The maximum atomic E-state index is 12.8. The van der Waals surface area contributed by atoms with Crippen LogP contribution in [0.4, 0.5) is 16.0 Å². The summed E-state index contributed by atoms with van der Waals surface area (Å²) in [4.78, 5) is 16.4. The largest absolute Gasteiger partial charge is 0.368 e. The lowest BCUT2D eigenvalue weighted by atomic mass is 10.2. The quantitative estimate of drug-likeness (QED) is 0.461. The highest BCUT2D eigenvalue weighted by atomic mass is 79.9. The van der Waals surface area contributed by atoms with Crippen LogP contribution in [0.15, 0.2) is 47.3 Å². The minimum atomic E-state index is -0.367. The van der Waals surface area contributed by atoms with Crippen LogP contribution in [0.5, 0.6) is 0 Å². The zero-order chi connectivity index (χ0) is 17.6. The smallest absolute Gasteiger partial charge is 0.224 e. The second kappa shape index (κ2) is 8.17. The minimum Gasteiger partial charge on any atom is -0.368 e. The number of halogens is 3. The Labute approximate surface area is 157 Å². The molecule has 0 amide bonds. The molecule has 0 spiro atoms. The van der Waals surface area contributed by atoms with E-state index in [0.717, 1.165) is 16.2 Å². The first-order valence-corrected chi connectivity index (χ1v) is 8.52. The van der Waals surface area contributed by atoms with Crippen LogP contribution in [0.2, 0.25) is 5.28 Å². The number of nitrogens with one attached hydrogen (secondary N) is 2.